The van der Waals surface area contributed by atoms with Crippen LogP contribution >= 0.6 is 0 Å². The Morgan fingerprint density at radius 1 is 1.03 bits per heavy atom. The van der Waals surface area contributed by atoms with Crippen molar-refractivity contribution in [2.75, 3.05) is 47.4 Å². The summed E-state index contributed by atoms with van der Waals surface area (Å²) in [6.45, 7) is 7.16. The van der Waals surface area contributed by atoms with E-state index in [0.717, 1.165) is 17.1 Å². The van der Waals surface area contributed by atoms with Gasteiger partial charge in [-0.1, -0.05) is 18.2 Å². The first kappa shape index (κ1) is 20.5. The summed E-state index contributed by atoms with van der Waals surface area (Å²) in [6.07, 6.45) is 3.19. The first-order chi connectivity index (χ1) is 15.1. The molecule has 2 aromatic heterocycles. The van der Waals surface area contributed by atoms with E-state index in [0.29, 0.717) is 44.4 Å². The Morgan fingerprint density at radius 3 is 2.45 bits per heavy atom. The molecule has 0 bridgehead atoms. The van der Waals surface area contributed by atoms with Gasteiger partial charge in [-0.3, -0.25) is 10.1 Å². The van der Waals surface area contributed by atoms with Crippen LogP contribution in [0.15, 0.2) is 55.0 Å². The van der Waals surface area contributed by atoms with E-state index in [9.17, 15) is 10.1 Å². The zero-order valence-corrected chi connectivity index (χ0v) is 17.7. The third-order valence-electron chi connectivity index (χ3n) is 5.40. The van der Waals surface area contributed by atoms with Crippen LogP contribution in [0.5, 0.6) is 0 Å². The Hall–Kier alpha value is -3.75. The number of hydrogen-bond donors (Lipinski definition) is 0. The van der Waals surface area contributed by atoms with Crippen LogP contribution in [0.25, 0.3) is 0 Å². The highest BCUT2D eigenvalue weighted by Crippen LogP contribution is 2.38. The molecule has 0 radical (unpaired) electrons. The average Bonchev–Trinajstić information content (AvgIpc) is 2.80. The van der Waals surface area contributed by atoms with Gasteiger partial charge in [0.05, 0.1) is 4.92 Å². The van der Waals surface area contributed by atoms with Gasteiger partial charge in [0.2, 0.25) is 11.6 Å². The summed E-state index contributed by atoms with van der Waals surface area (Å²) in [4.78, 5) is 30.8. The Labute approximate surface area is 181 Å². The number of nitrogens with zero attached hydrogens (tertiary/aromatic N) is 7. The van der Waals surface area contributed by atoms with Crippen molar-refractivity contribution in [1.82, 2.24) is 15.0 Å². The second kappa shape index (κ2) is 8.95. The van der Waals surface area contributed by atoms with Gasteiger partial charge >= 0.3 is 5.69 Å². The van der Waals surface area contributed by atoms with Crippen LogP contribution in [0.4, 0.5) is 28.8 Å². The predicted molar refractivity (Wildman–Crippen MR) is 121 cm³/mol. The standard InChI is InChI=1S/C22H25N7O2/c1-3-28(18-8-6-7-17(2)15-18)22-20(29(30)31)21(24-16-25-22)27-13-11-26(12-14-27)19-9-4-5-10-23-19/h4-10,15-16H,3,11-14H2,1-2H3. The highest BCUT2D eigenvalue weighted by Gasteiger charge is 2.32. The fourth-order valence-corrected chi connectivity index (χ4v) is 3.89. The van der Waals surface area contributed by atoms with Gasteiger partial charge < -0.3 is 14.7 Å². The minimum absolute atomic E-state index is 0.0582. The Balaban J connectivity index is 1.64. The number of hydrogen-bond acceptors (Lipinski definition) is 8. The van der Waals surface area contributed by atoms with Crippen LogP contribution < -0.4 is 14.7 Å². The molecule has 1 saturated heterocycles. The second-order valence-corrected chi connectivity index (χ2v) is 7.37. The molecule has 31 heavy (non-hydrogen) atoms. The lowest BCUT2D eigenvalue weighted by Crippen LogP contribution is -2.47. The van der Waals surface area contributed by atoms with E-state index < -0.39 is 0 Å². The van der Waals surface area contributed by atoms with Gasteiger partial charge in [-0.05, 0) is 43.7 Å². The molecule has 1 fully saturated rings. The van der Waals surface area contributed by atoms with Crippen molar-refractivity contribution in [2.45, 2.75) is 13.8 Å². The molecule has 1 aliphatic heterocycles. The van der Waals surface area contributed by atoms with Crippen LogP contribution in [0.2, 0.25) is 0 Å². The monoisotopic (exact) mass is 419 g/mol. The van der Waals surface area contributed by atoms with Crippen molar-refractivity contribution in [3.8, 4) is 0 Å². The largest absolute Gasteiger partial charge is 0.353 e. The van der Waals surface area contributed by atoms with Crippen LogP contribution in [0, 0.1) is 17.0 Å². The van der Waals surface area contributed by atoms with E-state index in [1.165, 1.54) is 6.33 Å². The van der Waals surface area contributed by atoms with Gasteiger partial charge in [0.1, 0.15) is 12.1 Å². The molecule has 9 heteroatoms. The van der Waals surface area contributed by atoms with E-state index in [1.54, 1.807) is 6.20 Å². The summed E-state index contributed by atoms with van der Waals surface area (Å²) in [5, 5.41) is 12.1. The normalized spacial score (nSPS) is 13.9. The molecule has 4 rings (SSSR count). The van der Waals surface area contributed by atoms with Crippen molar-refractivity contribution in [3.63, 3.8) is 0 Å². The lowest BCUT2D eigenvalue weighted by atomic mass is 10.2. The predicted octanol–water partition coefficient (Wildman–Crippen LogP) is 3.57. The molecule has 0 aliphatic carbocycles. The fourth-order valence-electron chi connectivity index (χ4n) is 3.89. The average molecular weight is 419 g/mol. The first-order valence-electron chi connectivity index (χ1n) is 10.3. The molecule has 1 aliphatic rings. The van der Waals surface area contributed by atoms with Crippen molar-refractivity contribution in [3.05, 3.63) is 70.7 Å². The van der Waals surface area contributed by atoms with Gasteiger partial charge in [0.15, 0.2) is 0 Å². The van der Waals surface area contributed by atoms with Gasteiger partial charge in [-0.2, -0.15) is 0 Å². The SMILES string of the molecule is CCN(c1cccc(C)c1)c1ncnc(N2CCN(c3ccccn3)CC2)c1[N+](=O)[O-]. The van der Waals surface area contributed by atoms with E-state index in [-0.39, 0.29) is 10.6 Å². The number of nitro groups is 1. The number of piperazine rings is 1. The van der Waals surface area contributed by atoms with Gasteiger partial charge in [0.25, 0.3) is 0 Å². The summed E-state index contributed by atoms with van der Waals surface area (Å²) in [5.41, 5.74) is 1.89. The molecule has 0 amide bonds. The summed E-state index contributed by atoms with van der Waals surface area (Å²) < 4.78 is 0. The molecule has 0 N–H and O–H groups in total. The summed E-state index contributed by atoms with van der Waals surface area (Å²) >= 11 is 0. The van der Waals surface area contributed by atoms with Crippen molar-refractivity contribution < 1.29 is 4.92 Å². The Kier molecular flexibility index (Phi) is 5.92. The van der Waals surface area contributed by atoms with Gasteiger partial charge in [0, 0.05) is 44.6 Å². The van der Waals surface area contributed by atoms with Gasteiger partial charge in [-0.25, -0.2) is 15.0 Å². The maximum Gasteiger partial charge on any atom is 0.353 e. The highest BCUT2D eigenvalue weighted by molar-refractivity contribution is 5.76. The summed E-state index contributed by atoms with van der Waals surface area (Å²) in [5.74, 6) is 1.59. The smallest absolute Gasteiger partial charge is 0.353 e. The van der Waals surface area contributed by atoms with Crippen molar-refractivity contribution >= 4 is 28.8 Å². The Morgan fingerprint density at radius 2 is 1.81 bits per heavy atom. The van der Waals surface area contributed by atoms with Crippen LogP contribution in [-0.4, -0.2) is 52.6 Å². The van der Waals surface area contributed by atoms with Crippen LogP contribution in [0.3, 0.4) is 0 Å². The molecule has 3 aromatic rings. The minimum atomic E-state index is -0.367. The maximum atomic E-state index is 12.1. The number of rotatable bonds is 6. The first-order valence-corrected chi connectivity index (χ1v) is 10.3. The van der Waals surface area contributed by atoms with Crippen molar-refractivity contribution in [2.24, 2.45) is 0 Å². The van der Waals surface area contributed by atoms with E-state index in [1.807, 2.05) is 66.1 Å². The van der Waals surface area contributed by atoms with E-state index >= 15 is 0 Å². The molecule has 9 nitrogen and oxygen atoms in total. The quantitative estimate of drug-likeness (QED) is 0.442. The number of benzene rings is 1. The minimum Gasteiger partial charge on any atom is -0.353 e. The second-order valence-electron chi connectivity index (χ2n) is 7.37. The summed E-state index contributed by atoms with van der Waals surface area (Å²) in [7, 11) is 0. The number of aryl methyl sites for hydroxylation is 1. The number of anilines is 4. The van der Waals surface area contributed by atoms with E-state index in [4.69, 9.17) is 0 Å². The molecule has 0 saturated carbocycles. The molecule has 3 heterocycles. The highest BCUT2D eigenvalue weighted by atomic mass is 16.6. The molecule has 0 atom stereocenters. The van der Waals surface area contributed by atoms with E-state index in [2.05, 4.69) is 19.9 Å². The zero-order valence-electron chi connectivity index (χ0n) is 17.7. The number of aromatic nitrogens is 3. The lowest BCUT2D eigenvalue weighted by Gasteiger charge is -2.36. The third-order valence-corrected chi connectivity index (χ3v) is 5.40. The maximum absolute atomic E-state index is 12.1. The fraction of sp³-hybridized carbons (Fsp3) is 0.318. The summed E-state index contributed by atoms with van der Waals surface area (Å²) in [6, 6.07) is 13.7. The van der Waals surface area contributed by atoms with Crippen molar-refractivity contribution in [1.29, 1.82) is 0 Å². The third kappa shape index (κ3) is 4.25. The molecule has 0 spiro atoms. The van der Waals surface area contributed by atoms with Gasteiger partial charge in [-0.15, -0.1) is 0 Å². The zero-order chi connectivity index (χ0) is 21.8. The molecule has 160 valence electrons. The van der Waals surface area contributed by atoms with Crippen LogP contribution in [-0.2, 0) is 0 Å². The molecule has 1 aromatic carbocycles. The topological polar surface area (TPSA) is 91.5 Å². The molecule has 0 unspecified atom stereocenters. The molecular weight excluding hydrogens is 394 g/mol. The lowest BCUT2D eigenvalue weighted by molar-refractivity contribution is -0.383. The number of pyridine rings is 1. The molecular formula is C22H25N7O2. The van der Waals surface area contributed by atoms with Crippen LogP contribution in [0.1, 0.15) is 12.5 Å². The Bertz CT molecular complexity index is 1050.